The minimum atomic E-state index is -0.160. The predicted octanol–water partition coefficient (Wildman–Crippen LogP) is 3.69. The third-order valence-corrected chi connectivity index (χ3v) is 3.00. The Morgan fingerprint density at radius 3 is 2.22 bits per heavy atom. The van der Waals surface area contributed by atoms with Gasteiger partial charge in [-0.25, -0.2) is 4.39 Å². The van der Waals surface area contributed by atoms with Crippen LogP contribution in [0.5, 0.6) is 0 Å². The Kier molecular flexibility index (Phi) is 3.78. The molecule has 2 aromatic carbocycles. The van der Waals surface area contributed by atoms with Crippen molar-refractivity contribution in [2.24, 2.45) is 5.73 Å². The van der Waals surface area contributed by atoms with Crippen LogP contribution in [0.4, 0.5) is 4.39 Å². The molecule has 0 aliphatic rings. The van der Waals surface area contributed by atoms with E-state index in [1.807, 2.05) is 19.1 Å². The van der Waals surface area contributed by atoms with Crippen molar-refractivity contribution in [3.63, 3.8) is 0 Å². The zero-order valence-electron chi connectivity index (χ0n) is 10.8. The van der Waals surface area contributed by atoms with Gasteiger partial charge in [-0.15, -0.1) is 0 Å². The molecule has 1 unspecified atom stereocenters. The van der Waals surface area contributed by atoms with Crippen LogP contribution in [-0.4, -0.2) is 6.04 Å². The van der Waals surface area contributed by atoms with Gasteiger partial charge < -0.3 is 5.73 Å². The minimum absolute atomic E-state index is 0.160. The van der Waals surface area contributed by atoms with E-state index >= 15 is 0 Å². The van der Waals surface area contributed by atoms with Gasteiger partial charge in [-0.1, -0.05) is 30.3 Å². The van der Waals surface area contributed by atoms with Crippen molar-refractivity contribution in [3.8, 4) is 11.1 Å². The number of benzene rings is 2. The van der Waals surface area contributed by atoms with Crippen LogP contribution in [0.25, 0.3) is 11.1 Å². The van der Waals surface area contributed by atoms with Crippen molar-refractivity contribution < 1.29 is 4.39 Å². The highest BCUT2D eigenvalue weighted by molar-refractivity contribution is 5.64. The Hall–Kier alpha value is -1.67. The van der Waals surface area contributed by atoms with Crippen LogP contribution in [-0.2, 0) is 6.42 Å². The maximum atomic E-state index is 13.2. The molecule has 2 aromatic rings. The second-order valence-corrected chi connectivity index (χ2v) is 4.84. The Balaban J connectivity index is 2.25. The molecule has 0 bridgehead atoms. The molecule has 94 valence electrons. The Labute approximate surface area is 107 Å². The van der Waals surface area contributed by atoms with Gasteiger partial charge in [0.1, 0.15) is 5.82 Å². The van der Waals surface area contributed by atoms with Gasteiger partial charge in [0.05, 0.1) is 0 Å². The molecule has 1 atom stereocenters. The van der Waals surface area contributed by atoms with E-state index in [9.17, 15) is 4.39 Å². The first kappa shape index (κ1) is 12.8. The van der Waals surface area contributed by atoms with E-state index in [0.29, 0.717) is 5.56 Å². The van der Waals surface area contributed by atoms with Crippen LogP contribution in [0.3, 0.4) is 0 Å². The summed E-state index contributed by atoms with van der Waals surface area (Å²) in [6.45, 7) is 3.78. The van der Waals surface area contributed by atoms with E-state index in [0.717, 1.165) is 17.5 Å². The van der Waals surface area contributed by atoms with E-state index in [1.54, 1.807) is 6.92 Å². The summed E-state index contributed by atoms with van der Waals surface area (Å²) in [7, 11) is 0. The highest BCUT2D eigenvalue weighted by Crippen LogP contribution is 2.22. The third kappa shape index (κ3) is 2.96. The molecule has 0 aliphatic heterocycles. The molecule has 0 saturated heterocycles. The van der Waals surface area contributed by atoms with Gasteiger partial charge in [0, 0.05) is 6.04 Å². The van der Waals surface area contributed by atoms with Crippen molar-refractivity contribution in [3.05, 3.63) is 59.4 Å². The standard InChI is InChI=1S/C16H18FN/c1-11-9-15(7-8-16(11)17)14-5-3-13(4-6-14)10-12(2)18/h3-9,12H,10,18H2,1-2H3. The molecule has 0 amide bonds. The van der Waals surface area contributed by atoms with Crippen LogP contribution < -0.4 is 5.73 Å². The highest BCUT2D eigenvalue weighted by Gasteiger charge is 2.03. The Bertz CT molecular complexity index is 529. The number of halogens is 1. The molecule has 0 saturated carbocycles. The molecule has 0 spiro atoms. The molecule has 2 rings (SSSR count). The fourth-order valence-corrected chi connectivity index (χ4v) is 2.03. The molecule has 0 aliphatic carbocycles. The lowest BCUT2D eigenvalue weighted by atomic mass is 10.00. The number of nitrogens with two attached hydrogens (primary N) is 1. The lowest BCUT2D eigenvalue weighted by Crippen LogP contribution is -2.17. The van der Waals surface area contributed by atoms with Crippen LogP contribution in [0.15, 0.2) is 42.5 Å². The molecular formula is C16H18FN. The van der Waals surface area contributed by atoms with E-state index in [-0.39, 0.29) is 11.9 Å². The predicted molar refractivity (Wildman–Crippen MR) is 73.9 cm³/mol. The van der Waals surface area contributed by atoms with E-state index in [2.05, 4.69) is 24.3 Å². The second-order valence-electron chi connectivity index (χ2n) is 4.84. The fourth-order valence-electron chi connectivity index (χ4n) is 2.03. The Morgan fingerprint density at radius 1 is 1.06 bits per heavy atom. The van der Waals surface area contributed by atoms with Crippen molar-refractivity contribution in [2.75, 3.05) is 0 Å². The van der Waals surface area contributed by atoms with Gasteiger partial charge in [-0.2, -0.15) is 0 Å². The van der Waals surface area contributed by atoms with Gasteiger partial charge in [0.25, 0.3) is 0 Å². The molecule has 1 nitrogen and oxygen atoms in total. The van der Waals surface area contributed by atoms with Crippen molar-refractivity contribution in [2.45, 2.75) is 26.3 Å². The zero-order valence-corrected chi connectivity index (χ0v) is 10.8. The summed E-state index contributed by atoms with van der Waals surface area (Å²) in [4.78, 5) is 0. The van der Waals surface area contributed by atoms with E-state index in [4.69, 9.17) is 5.73 Å². The molecule has 18 heavy (non-hydrogen) atoms. The van der Waals surface area contributed by atoms with Crippen molar-refractivity contribution >= 4 is 0 Å². The van der Waals surface area contributed by atoms with Crippen LogP contribution >= 0.6 is 0 Å². The minimum Gasteiger partial charge on any atom is -0.328 e. The monoisotopic (exact) mass is 243 g/mol. The summed E-state index contributed by atoms with van der Waals surface area (Å²) >= 11 is 0. The highest BCUT2D eigenvalue weighted by atomic mass is 19.1. The first-order valence-corrected chi connectivity index (χ1v) is 6.17. The SMILES string of the molecule is Cc1cc(-c2ccc(CC(C)N)cc2)ccc1F. The summed E-state index contributed by atoms with van der Waals surface area (Å²) < 4.78 is 13.2. The van der Waals surface area contributed by atoms with Gasteiger partial charge >= 0.3 is 0 Å². The normalized spacial score (nSPS) is 12.4. The number of hydrogen-bond donors (Lipinski definition) is 1. The van der Waals surface area contributed by atoms with Gasteiger partial charge in [0.15, 0.2) is 0 Å². The number of hydrogen-bond acceptors (Lipinski definition) is 1. The number of aryl methyl sites for hydroxylation is 1. The average Bonchev–Trinajstić information content (AvgIpc) is 2.33. The average molecular weight is 243 g/mol. The van der Waals surface area contributed by atoms with Gasteiger partial charge in [0.2, 0.25) is 0 Å². The lowest BCUT2D eigenvalue weighted by Gasteiger charge is -2.07. The summed E-state index contributed by atoms with van der Waals surface area (Å²) in [6, 6.07) is 13.6. The molecule has 0 radical (unpaired) electrons. The topological polar surface area (TPSA) is 26.0 Å². The maximum Gasteiger partial charge on any atom is 0.126 e. The molecule has 0 fully saturated rings. The zero-order chi connectivity index (χ0) is 13.1. The molecule has 2 heteroatoms. The lowest BCUT2D eigenvalue weighted by molar-refractivity contribution is 0.619. The third-order valence-electron chi connectivity index (χ3n) is 3.00. The molecule has 2 N–H and O–H groups in total. The largest absolute Gasteiger partial charge is 0.328 e. The summed E-state index contributed by atoms with van der Waals surface area (Å²) in [5.41, 5.74) is 9.82. The molecule has 0 aromatic heterocycles. The van der Waals surface area contributed by atoms with Crippen molar-refractivity contribution in [1.29, 1.82) is 0 Å². The van der Waals surface area contributed by atoms with Crippen LogP contribution in [0.1, 0.15) is 18.1 Å². The first-order valence-electron chi connectivity index (χ1n) is 6.17. The van der Waals surface area contributed by atoms with Gasteiger partial charge in [-0.05, 0) is 54.7 Å². The van der Waals surface area contributed by atoms with Crippen LogP contribution in [0.2, 0.25) is 0 Å². The number of rotatable bonds is 3. The summed E-state index contributed by atoms with van der Waals surface area (Å²) in [5.74, 6) is -0.160. The fraction of sp³-hybridized carbons (Fsp3) is 0.250. The second kappa shape index (κ2) is 5.32. The molecular weight excluding hydrogens is 225 g/mol. The molecule has 0 heterocycles. The Morgan fingerprint density at radius 2 is 1.67 bits per heavy atom. The van der Waals surface area contributed by atoms with E-state index < -0.39 is 0 Å². The quantitative estimate of drug-likeness (QED) is 0.874. The first-order chi connectivity index (χ1) is 8.56. The van der Waals surface area contributed by atoms with Crippen molar-refractivity contribution in [1.82, 2.24) is 0 Å². The van der Waals surface area contributed by atoms with Crippen LogP contribution in [0, 0.1) is 12.7 Å². The summed E-state index contributed by atoms with van der Waals surface area (Å²) in [5, 5.41) is 0. The smallest absolute Gasteiger partial charge is 0.126 e. The maximum absolute atomic E-state index is 13.2. The van der Waals surface area contributed by atoms with E-state index in [1.165, 1.54) is 11.6 Å². The van der Waals surface area contributed by atoms with Gasteiger partial charge in [-0.3, -0.25) is 0 Å². The summed E-state index contributed by atoms with van der Waals surface area (Å²) in [6.07, 6.45) is 0.878.